The van der Waals surface area contributed by atoms with Gasteiger partial charge in [-0.05, 0) is 38.2 Å². The number of rotatable bonds is 6. The van der Waals surface area contributed by atoms with E-state index in [-0.39, 0.29) is 23.9 Å². The van der Waals surface area contributed by atoms with Gasteiger partial charge in [-0.25, -0.2) is 9.97 Å². The fraction of sp³-hybridized carbons (Fsp3) is 0.444. The number of nitrogens with one attached hydrogen (secondary N) is 1. The third kappa shape index (κ3) is 4.25. The van der Waals surface area contributed by atoms with E-state index in [4.69, 9.17) is 4.74 Å². The predicted octanol–water partition coefficient (Wildman–Crippen LogP) is 3.60. The summed E-state index contributed by atoms with van der Waals surface area (Å²) in [5.41, 5.74) is 2.06. The molecular formula is C18H19N3O3S3. The molecule has 142 valence electrons. The monoisotopic (exact) mass is 421 g/mol. The van der Waals surface area contributed by atoms with E-state index in [9.17, 15) is 9.59 Å². The van der Waals surface area contributed by atoms with Gasteiger partial charge in [0.15, 0.2) is 0 Å². The maximum absolute atomic E-state index is 12.5. The molecule has 1 aliphatic carbocycles. The van der Waals surface area contributed by atoms with Gasteiger partial charge in [0.2, 0.25) is 0 Å². The highest BCUT2D eigenvalue weighted by Crippen LogP contribution is 2.33. The first-order valence-corrected chi connectivity index (χ1v) is 11.6. The Balaban J connectivity index is 1.35. The van der Waals surface area contributed by atoms with E-state index < -0.39 is 0 Å². The molecule has 0 saturated carbocycles. The van der Waals surface area contributed by atoms with E-state index in [1.807, 2.05) is 12.3 Å². The van der Waals surface area contributed by atoms with Crippen molar-refractivity contribution < 1.29 is 9.53 Å². The topological polar surface area (TPSA) is 84.9 Å². The highest BCUT2D eigenvalue weighted by atomic mass is 32.2. The van der Waals surface area contributed by atoms with Gasteiger partial charge in [0.05, 0.1) is 16.9 Å². The molecule has 3 heterocycles. The number of aromatic amines is 1. The molecule has 3 aromatic heterocycles. The second-order valence-corrected chi connectivity index (χ2v) is 9.45. The molecule has 0 spiro atoms. The van der Waals surface area contributed by atoms with Crippen LogP contribution in [0.25, 0.3) is 10.2 Å². The number of H-pyrrole nitrogens is 1. The van der Waals surface area contributed by atoms with Crippen LogP contribution in [0.2, 0.25) is 0 Å². The average Bonchev–Trinajstić information content (AvgIpc) is 3.23. The van der Waals surface area contributed by atoms with Crippen LogP contribution in [0.15, 0.2) is 10.2 Å². The van der Waals surface area contributed by atoms with Crippen molar-refractivity contribution in [1.82, 2.24) is 15.0 Å². The second kappa shape index (κ2) is 8.12. The van der Waals surface area contributed by atoms with Crippen molar-refractivity contribution in [2.24, 2.45) is 0 Å². The summed E-state index contributed by atoms with van der Waals surface area (Å²) < 4.78 is 5.23. The molecule has 0 fully saturated rings. The number of carbonyl (C=O) groups excluding carboxylic acids is 1. The fourth-order valence-electron chi connectivity index (χ4n) is 3.16. The van der Waals surface area contributed by atoms with Gasteiger partial charge in [0, 0.05) is 16.0 Å². The number of aryl methyl sites for hydroxylation is 3. The number of aromatic nitrogens is 3. The molecule has 0 aliphatic heterocycles. The van der Waals surface area contributed by atoms with Crippen molar-refractivity contribution in [2.45, 2.75) is 45.0 Å². The molecule has 3 aromatic rings. The maximum Gasteiger partial charge on any atom is 0.316 e. The summed E-state index contributed by atoms with van der Waals surface area (Å²) in [4.78, 5) is 38.3. The molecule has 1 aliphatic rings. The first kappa shape index (κ1) is 18.6. The van der Waals surface area contributed by atoms with E-state index >= 15 is 0 Å². The number of nitrogens with zero attached hydrogens (tertiary/aromatic N) is 2. The van der Waals surface area contributed by atoms with Crippen LogP contribution in [-0.4, -0.2) is 26.7 Å². The molecule has 9 heteroatoms. The van der Waals surface area contributed by atoms with Crippen LogP contribution in [-0.2, 0) is 34.7 Å². The van der Waals surface area contributed by atoms with Crippen LogP contribution in [0.1, 0.15) is 39.8 Å². The third-order valence-corrected chi connectivity index (χ3v) is 7.40. The lowest BCUT2D eigenvalue weighted by molar-refractivity contribution is -0.141. The SMILES string of the molecule is Cc1csc(COC(=O)CSCc2nc3sc4c(c3c(=O)[nH]2)CCCC4)n1. The largest absolute Gasteiger partial charge is 0.458 e. The van der Waals surface area contributed by atoms with Crippen molar-refractivity contribution in [3.05, 3.63) is 42.7 Å². The molecule has 27 heavy (non-hydrogen) atoms. The van der Waals surface area contributed by atoms with Crippen molar-refractivity contribution in [1.29, 1.82) is 0 Å². The molecular weight excluding hydrogens is 402 g/mol. The summed E-state index contributed by atoms with van der Waals surface area (Å²) in [5.74, 6) is 1.01. The molecule has 0 atom stereocenters. The summed E-state index contributed by atoms with van der Waals surface area (Å²) in [6.07, 6.45) is 4.34. The zero-order chi connectivity index (χ0) is 18.8. The van der Waals surface area contributed by atoms with Gasteiger partial charge < -0.3 is 9.72 Å². The molecule has 0 saturated heterocycles. The molecule has 6 nitrogen and oxygen atoms in total. The van der Waals surface area contributed by atoms with Gasteiger partial charge in [0.25, 0.3) is 5.56 Å². The minimum Gasteiger partial charge on any atom is -0.458 e. The number of esters is 1. The number of thiazole rings is 1. The van der Waals surface area contributed by atoms with Crippen LogP contribution >= 0.6 is 34.4 Å². The number of thiophene rings is 1. The molecule has 0 radical (unpaired) electrons. The Morgan fingerprint density at radius 3 is 3.00 bits per heavy atom. The zero-order valence-electron chi connectivity index (χ0n) is 14.9. The number of fused-ring (bicyclic) bond motifs is 3. The molecule has 0 bridgehead atoms. The summed E-state index contributed by atoms with van der Waals surface area (Å²) >= 11 is 4.51. The lowest BCUT2D eigenvalue weighted by atomic mass is 9.97. The second-order valence-electron chi connectivity index (χ2n) is 6.44. The van der Waals surface area contributed by atoms with Gasteiger partial charge >= 0.3 is 5.97 Å². The van der Waals surface area contributed by atoms with Crippen LogP contribution in [0.5, 0.6) is 0 Å². The summed E-state index contributed by atoms with van der Waals surface area (Å²) in [7, 11) is 0. The predicted molar refractivity (Wildman–Crippen MR) is 110 cm³/mol. The van der Waals surface area contributed by atoms with Crippen molar-refractivity contribution >= 4 is 50.6 Å². The van der Waals surface area contributed by atoms with Crippen LogP contribution in [0.3, 0.4) is 0 Å². The smallest absolute Gasteiger partial charge is 0.316 e. The average molecular weight is 422 g/mol. The van der Waals surface area contributed by atoms with E-state index in [0.29, 0.717) is 11.6 Å². The zero-order valence-corrected chi connectivity index (χ0v) is 17.3. The van der Waals surface area contributed by atoms with Crippen LogP contribution in [0, 0.1) is 6.92 Å². The Morgan fingerprint density at radius 1 is 1.33 bits per heavy atom. The summed E-state index contributed by atoms with van der Waals surface area (Å²) in [6, 6.07) is 0. The van der Waals surface area contributed by atoms with Crippen molar-refractivity contribution in [3.63, 3.8) is 0 Å². The van der Waals surface area contributed by atoms with Gasteiger partial charge in [-0.15, -0.1) is 34.4 Å². The normalized spacial score (nSPS) is 13.7. The Kier molecular flexibility index (Phi) is 5.60. The Hall–Kier alpha value is -1.71. The highest BCUT2D eigenvalue weighted by Gasteiger charge is 2.19. The van der Waals surface area contributed by atoms with Crippen molar-refractivity contribution in [3.8, 4) is 0 Å². The Labute approximate surface area is 168 Å². The molecule has 0 aromatic carbocycles. The minimum absolute atomic E-state index is 0.0586. The van der Waals surface area contributed by atoms with Gasteiger partial charge in [-0.2, -0.15) is 0 Å². The molecule has 4 rings (SSSR count). The standard InChI is InChI=1S/C18H19N3O3S3/c1-10-7-26-14(19-10)6-24-15(22)9-25-8-13-20-17(23)16-11-4-2-3-5-12(11)27-18(16)21-13/h7H,2-6,8-9H2,1H3,(H,20,21,23). The lowest BCUT2D eigenvalue weighted by Gasteiger charge is -2.09. The quantitative estimate of drug-likeness (QED) is 0.612. The van der Waals surface area contributed by atoms with Crippen molar-refractivity contribution in [2.75, 3.05) is 5.75 Å². The third-order valence-electron chi connectivity index (χ3n) is 4.36. The number of hydrogen-bond donors (Lipinski definition) is 1. The summed E-state index contributed by atoms with van der Waals surface area (Å²) in [6.45, 7) is 2.12. The Morgan fingerprint density at radius 2 is 2.19 bits per heavy atom. The van der Waals surface area contributed by atoms with E-state index in [1.165, 1.54) is 40.0 Å². The lowest BCUT2D eigenvalue weighted by Crippen LogP contribution is -2.13. The van der Waals surface area contributed by atoms with E-state index in [0.717, 1.165) is 40.2 Å². The first-order valence-electron chi connectivity index (χ1n) is 8.78. The maximum atomic E-state index is 12.5. The summed E-state index contributed by atoms with van der Waals surface area (Å²) in [5, 5.41) is 3.49. The number of ether oxygens (including phenoxy) is 1. The molecule has 1 N–H and O–H groups in total. The number of hydrogen-bond acceptors (Lipinski definition) is 8. The van der Waals surface area contributed by atoms with Gasteiger partial charge in [0.1, 0.15) is 22.3 Å². The molecule has 0 amide bonds. The number of thioether (sulfide) groups is 1. The van der Waals surface area contributed by atoms with Crippen LogP contribution in [0.4, 0.5) is 0 Å². The van der Waals surface area contributed by atoms with Crippen LogP contribution < -0.4 is 5.56 Å². The molecule has 0 unspecified atom stereocenters. The Bertz CT molecular complexity index is 1040. The first-order chi connectivity index (χ1) is 13.1. The van der Waals surface area contributed by atoms with Gasteiger partial charge in [-0.3, -0.25) is 9.59 Å². The fourth-order valence-corrected chi connectivity index (χ4v) is 5.81. The number of carbonyl (C=O) groups is 1. The highest BCUT2D eigenvalue weighted by molar-refractivity contribution is 7.99. The van der Waals surface area contributed by atoms with E-state index in [1.54, 1.807) is 11.3 Å². The minimum atomic E-state index is -0.289. The van der Waals surface area contributed by atoms with Gasteiger partial charge in [-0.1, -0.05) is 0 Å². The van der Waals surface area contributed by atoms with E-state index in [2.05, 4.69) is 15.0 Å².